The molecule has 2 unspecified atom stereocenters. The van der Waals surface area contributed by atoms with Crippen molar-refractivity contribution < 1.29 is 19.0 Å². The number of aromatic nitrogens is 1. The molecule has 40 heavy (non-hydrogen) atoms. The van der Waals surface area contributed by atoms with Crippen LogP contribution in [-0.2, 0) is 16.1 Å². The van der Waals surface area contributed by atoms with E-state index in [-0.39, 0.29) is 24.1 Å². The summed E-state index contributed by atoms with van der Waals surface area (Å²) >= 11 is 0. The van der Waals surface area contributed by atoms with E-state index in [1.807, 2.05) is 47.5 Å². The minimum atomic E-state index is -0.284. The fourth-order valence-electron chi connectivity index (χ4n) is 6.18. The molecule has 1 aliphatic carbocycles. The molecule has 6 nitrogen and oxygen atoms in total. The highest BCUT2D eigenvalue weighted by Crippen LogP contribution is 2.44. The van der Waals surface area contributed by atoms with Crippen molar-refractivity contribution in [2.75, 3.05) is 19.8 Å². The number of rotatable bonds is 6. The summed E-state index contributed by atoms with van der Waals surface area (Å²) in [6.07, 6.45) is 6.11. The monoisotopic (exact) mass is 530 g/mol. The number of benzene rings is 3. The molecule has 0 spiro atoms. The van der Waals surface area contributed by atoms with Crippen LogP contribution in [0.2, 0.25) is 0 Å². The van der Waals surface area contributed by atoms with Crippen LogP contribution in [-0.4, -0.2) is 47.9 Å². The fourth-order valence-corrected chi connectivity index (χ4v) is 6.18. The largest absolute Gasteiger partial charge is 0.487 e. The van der Waals surface area contributed by atoms with Gasteiger partial charge in [0.25, 0.3) is 0 Å². The molecule has 0 N–H and O–H groups in total. The van der Waals surface area contributed by atoms with Crippen LogP contribution in [0.4, 0.5) is 4.79 Å². The van der Waals surface area contributed by atoms with Crippen molar-refractivity contribution in [3.63, 3.8) is 0 Å². The van der Waals surface area contributed by atoms with Gasteiger partial charge in [0.15, 0.2) is 0 Å². The molecule has 6 heteroatoms. The number of amides is 1. The van der Waals surface area contributed by atoms with Crippen molar-refractivity contribution in [1.29, 1.82) is 0 Å². The second-order valence-corrected chi connectivity index (χ2v) is 10.5. The Labute approximate surface area is 233 Å². The minimum Gasteiger partial charge on any atom is -0.487 e. The maximum absolute atomic E-state index is 13.5. The molecular formula is C34H30N2O4. The Morgan fingerprint density at radius 1 is 0.900 bits per heavy atom. The van der Waals surface area contributed by atoms with Crippen LogP contribution in [0.25, 0.3) is 16.7 Å². The van der Waals surface area contributed by atoms with Gasteiger partial charge in [-0.15, -0.1) is 0 Å². The van der Waals surface area contributed by atoms with Gasteiger partial charge in [-0.2, -0.15) is 0 Å². The molecule has 3 heterocycles. The van der Waals surface area contributed by atoms with E-state index in [0.717, 1.165) is 22.4 Å². The fraction of sp³-hybridized carbons (Fsp3) is 0.235. The number of morpholine rings is 1. The highest BCUT2D eigenvalue weighted by atomic mass is 16.6. The third kappa shape index (κ3) is 4.65. The summed E-state index contributed by atoms with van der Waals surface area (Å²) in [6.45, 7) is 1.72. The number of fused-ring (bicyclic) bond motifs is 5. The Kier molecular flexibility index (Phi) is 6.54. The second-order valence-electron chi connectivity index (χ2n) is 10.5. The average molecular weight is 531 g/mol. The van der Waals surface area contributed by atoms with E-state index < -0.39 is 0 Å². The Balaban J connectivity index is 1.06. The lowest BCUT2D eigenvalue weighted by Crippen LogP contribution is -2.56. The first kappa shape index (κ1) is 24.6. The Hall–Kier alpha value is -4.42. The van der Waals surface area contributed by atoms with Gasteiger partial charge in [0.1, 0.15) is 19.0 Å². The van der Waals surface area contributed by atoms with Gasteiger partial charge >= 0.3 is 6.09 Å². The first-order valence-electron chi connectivity index (χ1n) is 13.8. The van der Waals surface area contributed by atoms with Gasteiger partial charge in [-0.1, -0.05) is 84.9 Å². The van der Waals surface area contributed by atoms with Gasteiger partial charge in [-0.3, -0.25) is 9.88 Å². The Morgan fingerprint density at radius 2 is 1.62 bits per heavy atom. The number of carbonyl (C=O) groups is 1. The van der Waals surface area contributed by atoms with E-state index >= 15 is 0 Å². The third-order valence-electron chi connectivity index (χ3n) is 8.08. The minimum absolute atomic E-state index is 0.0352. The van der Waals surface area contributed by atoms with Gasteiger partial charge in [0.2, 0.25) is 0 Å². The standard InChI is InChI=1S/C34H30N2O4/c37-34(40-22-33-31-12-6-4-10-29(31)30-11-5-7-13-32(30)33)36-26-14-24(15-27(36)21-38-20-26)25-16-28(18-35-17-25)39-19-23-8-2-1-3-9-23/h1-14,16-18,26-27,33H,15,19-22H2. The van der Waals surface area contributed by atoms with Crippen molar-refractivity contribution in [3.05, 3.63) is 126 Å². The zero-order valence-corrected chi connectivity index (χ0v) is 22.1. The molecule has 2 bridgehead atoms. The first-order chi connectivity index (χ1) is 19.7. The first-order valence-corrected chi connectivity index (χ1v) is 13.8. The Bertz CT molecular complexity index is 1520. The highest BCUT2D eigenvalue weighted by Gasteiger charge is 2.40. The van der Waals surface area contributed by atoms with Crippen molar-refractivity contribution >= 4 is 11.7 Å². The van der Waals surface area contributed by atoms with E-state index in [1.165, 1.54) is 22.3 Å². The SMILES string of the molecule is O=C(OCC1c2ccccc2-c2ccccc21)N1C2C=C(c3cncc(OCc4ccccc4)c3)CC1COC2. The molecule has 1 saturated heterocycles. The van der Waals surface area contributed by atoms with Crippen LogP contribution in [0.1, 0.15) is 34.6 Å². The molecule has 0 radical (unpaired) electrons. The lowest BCUT2D eigenvalue weighted by Gasteiger charge is -2.43. The zero-order chi connectivity index (χ0) is 26.9. The number of hydrogen-bond donors (Lipinski definition) is 0. The normalized spacial score (nSPS) is 19.4. The lowest BCUT2D eigenvalue weighted by atomic mass is 9.91. The van der Waals surface area contributed by atoms with Crippen molar-refractivity contribution in [1.82, 2.24) is 9.88 Å². The summed E-state index contributed by atoms with van der Waals surface area (Å²) in [5.74, 6) is 0.760. The maximum atomic E-state index is 13.5. The number of pyridine rings is 1. The van der Waals surface area contributed by atoms with Crippen molar-refractivity contribution in [3.8, 4) is 16.9 Å². The molecule has 0 saturated carbocycles. The number of carbonyl (C=O) groups excluding carboxylic acids is 1. The molecule has 3 aromatic carbocycles. The molecular weight excluding hydrogens is 500 g/mol. The van der Waals surface area contributed by atoms with E-state index in [4.69, 9.17) is 14.2 Å². The third-order valence-corrected chi connectivity index (χ3v) is 8.08. The summed E-state index contributed by atoms with van der Waals surface area (Å²) in [5, 5.41) is 0. The molecule has 2 aliphatic heterocycles. The van der Waals surface area contributed by atoms with E-state index in [9.17, 15) is 4.79 Å². The Morgan fingerprint density at radius 3 is 2.38 bits per heavy atom. The summed E-state index contributed by atoms with van der Waals surface area (Å²) in [7, 11) is 0. The van der Waals surface area contributed by atoms with Crippen molar-refractivity contribution in [2.45, 2.75) is 31.0 Å². The molecule has 200 valence electrons. The quantitative estimate of drug-likeness (QED) is 0.286. The topological polar surface area (TPSA) is 60.9 Å². The van der Waals surface area contributed by atoms with Crippen LogP contribution in [0.3, 0.4) is 0 Å². The molecule has 1 amide bonds. The summed E-state index contributed by atoms with van der Waals surface area (Å²) in [4.78, 5) is 19.8. The molecule has 1 fully saturated rings. The molecule has 1 aromatic heterocycles. The van der Waals surface area contributed by atoms with E-state index in [1.54, 1.807) is 6.20 Å². The average Bonchev–Trinajstić information content (AvgIpc) is 3.32. The number of hydrogen-bond acceptors (Lipinski definition) is 5. The lowest BCUT2D eigenvalue weighted by molar-refractivity contribution is -0.0331. The van der Waals surface area contributed by atoms with Crippen LogP contribution >= 0.6 is 0 Å². The van der Waals surface area contributed by atoms with Gasteiger partial charge in [0.05, 0.1) is 31.5 Å². The van der Waals surface area contributed by atoms with Gasteiger partial charge in [-0.05, 0) is 51.4 Å². The highest BCUT2D eigenvalue weighted by molar-refractivity contribution is 5.79. The van der Waals surface area contributed by atoms with Gasteiger partial charge in [-0.25, -0.2) is 4.79 Å². The molecule has 7 rings (SSSR count). The number of ether oxygens (including phenoxy) is 3. The van der Waals surface area contributed by atoms with Crippen LogP contribution < -0.4 is 4.74 Å². The summed E-state index contributed by atoms with van der Waals surface area (Å²) in [5.41, 5.74) is 8.13. The van der Waals surface area contributed by atoms with Crippen LogP contribution in [0.15, 0.2) is 103 Å². The molecule has 3 aliphatic rings. The van der Waals surface area contributed by atoms with Gasteiger partial charge in [0, 0.05) is 12.1 Å². The summed E-state index contributed by atoms with van der Waals surface area (Å²) < 4.78 is 17.9. The zero-order valence-electron chi connectivity index (χ0n) is 22.1. The summed E-state index contributed by atoms with van der Waals surface area (Å²) in [6, 6.07) is 28.6. The van der Waals surface area contributed by atoms with E-state index in [0.29, 0.717) is 32.8 Å². The molecule has 2 atom stereocenters. The smallest absolute Gasteiger partial charge is 0.410 e. The van der Waals surface area contributed by atoms with Crippen LogP contribution in [0, 0.1) is 0 Å². The predicted octanol–water partition coefficient (Wildman–Crippen LogP) is 6.47. The molecule has 4 aromatic rings. The van der Waals surface area contributed by atoms with E-state index in [2.05, 4.69) is 59.6 Å². The second kappa shape index (κ2) is 10.6. The maximum Gasteiger partial charge on any atom is 0.410 e. The van der Waals surface area contributed by atoms with Gasteiger partial charge < -0.3 is 14.2 Å². The predicted molar refractivity (Wildman–Crippen MR) is 153 cm³/mol. The van der Waals surface area contributed by atoms with Crippen molar-refractivity contribution in [2.24, 2.45) is 0 Å². The number of nitrogens with zero attached hydrogens (tertiary/aromatic N) is 2. The van der Waals surface area contributed by atoms with Crippen LogP contribution in [0.5, 0.6) is 5.75 Å².